The number of rotatable bonds is 6. The molecule has 5 heteroatoms. The molecular weight excluding hydrogens is 416 g/mol. The van der Waals surface area contributed by atoms with Gasteiger partial charge in [-0.05, 0) is 41.8 Å². The summed E-state index contributed by atoms with van der Waals surface area (Å²) in [6.07, 6.45) is 1.59. The van der Waals surface area contributed by atoms with Crippen LogP contribution in [0, 0.1) is 0 Å². The Kier molecular flexibility index (Phi) is 5.53. The summed E-state index contributed by atoms with van der Waals surface area (Å²) in [5, 5.41) is 2.94. The SMILES string of the molecule is O=C(NCc1ccccc1Br)c1ccc2nc(CCc3ccccc3)oc2c1. The first kappa shape index (κ1) is 18.4. The van der Waals surface area contributed by atoms with Crippen molar-refractivity contribution in [2.75, 3.05) is 0 Å². The molecule has 0 aliphatic rings. The zero-order valence-electron chi connectivity index (χ0n) is 15.2. The minimum absolute atomic E-state index is 0.139. The molecule has 3 aromatic carbocycles. The third kappa shape index (κ3) is 4.31. The van der Waals surface area contributed by atoms with Crippen molar-refractivity contribution in [1.82, 2.24) is 10.3 Å². The Morgan fingerprint density at radius 1 is 0.964 bits per heavy atom. The van der Waals surface area contributed by atoms with Crippen molar-refractivity contribution in [2.45, 2.75) is 19.4 Å². The van der Waals surface area contributed by atoms with Crippen molar-refractivity contribution >= 4 is 32.9 Å². The van der Waals surface area contributed by atoms with Crippen LogP contribution >= 0.6 is 15.9 Å². The van der Waals surface area contributed by atoms with Crippen LogP contribution < -0.4 is 5.32 Å². The quantitative estimate of drug-likeness (QED) is 0.447. The van der Waals surface area contributed by atoms with Crippen LogP contribution in [0.3, 0.4) is 0 Å². The first-order chi connectivity index (χ1) is 13.7. The molecule has 0 bridgehead atoms. The molecule has 1 aromatic heterocycles. The van der Waals surface area contributed by atoms with Crippen molar-refractivity contribution in [3.63, 3.8) is 0 Å². The van der Waals surface area contributed by atoms with Crippen molar-refractivity contribution in [3.05, 3.63) is 99.9 Å². The lowest BCUT2D eigenvalue weighted by atomic mass is 10.1. The molecule has 1 amide bonds. The summed E-state index contributed by atoms with van der Waals surface area (Å²) in [7, 11) is 0. The molecular formula is C23H19BrN2O2. The van der Waals surface area contributed by atoms with Crippen LogP contribution in [0.4, 0.5) is 0 Å². The van der Waals surface area contributed by atoms with E-state index in [9.17, 15) is 4.79 Å². The molecule has 0 fully saturated rings. The van der Waals surface area contributed by atoms with Crippen LogP contribution in [0.1, 0.15) is 27.4 Å². The van der Waals surface area contributed by atoms with Gasteiger partial charge < -0.3 is 9.73 Å². The Morgan fingerprint density at radius 3 is 2.57 bits per heavy atom. The summed E-state index contributed by atoms with van der Waals surface area (Å²) in [4.78, 5) is 17.0. The molecule has 28 heavy (non-hydrogen) atoms. The summed E-state index contributed by atoms with van der Waals surface area (Å²) >= 11 is 3.49. The predicted octanol–water partition coefficient (Wildman–Crippen LogP) is 5.31. The van der Waals surface area contributed by atoms with Gasteiger partial charge in [-0.3, -0.25) is 4.79 Å². The van der Waals surface area contributed by atoms with E-state index in [1.807, 2.05) is 48.5 Å². The summed E-state index contributed by atoms with van der Waals surface area (Å²) in [5.41, 5.74) is 4.24. The Morgan fingerprint density at radius 2 is 1.75 bits per heavy atom. The molecule has 0 aliphatic carbocycles. The molecule has 4 nitrogen and oxygen atoms in total. The molecule has 0 saturated carbocycles. The molecule has 0 aliphatic heterocycles. The maximum Gasteiger partial charge on any atom is 0.251 e. The Bertz CT molecular complexity index is 1110. The van der Waals surface area contributed by atoms with Gasteiger partial charge in [-0.15, -0.1) is 0 Å². The lowest BCUT2D eigenvalue weighted by Gasteiger charge is -2.07. The largest absolute Gasteiger partial charge is 0.441 e. The van der Waals surface area contributed by atoms with Gasteiger partial charge in [0.05, 0.1) is 0 Å². The third-order valence-corrected chi connectivity index (χ3v) is 5.34. The van der Waals surface area contributed by atoms with Crippen LogP contribution in [-0.2, 0) is 19.4 Å². The highest BCUT2D eigenvalue weighted by molar-refractivity contribution is 9.10. The number of hydrogen-bond acceptors (Lipinski definition) is 3. The number of aryl methyl sites for hydroxylation is 2. The van der Waals surface area contributed by atoms with E-state index in [0.29, 0.717) is 23.6 Å². The highest BCUT2D eigenvalue weighted by atomic mass is 79.9. The zero-order valence-corrected chi connectivity index (χ0v) is 16.8. The number of carbonyl (C=O) groups excluding carboxylic acids is 1. The van der Waals surface area contributed by atoms with Gasteiger partial charge in [0.25, 0.3) is 5.91 Å². The second-order valence-corrected chi connectivity index (χ2v) is 7.40. The van der Waals surface area contributed by atoms with Gasteiger partial charge in [0.15, 0.2) is 11.5 Å². The van der Waals surface area contributed by atoms with Gasteiger partial charge in [0, 0.05) is 23.0 Å². The van der Waals surface area contributed by atoms with Crippen molar-refractivity contribution in [2.24, 2.45) is 0 Å². The molecule has 0 atom stereocenters. The molecule has 1 heterocycles. The number of hydrogen-bond donors (Lipinski definition) is 1. The normalized spacial score (nSPS) is 10.9. The van der Waals surface area contributed by atoms with E-state index in [-0.39, 0.29) is 5.91 Å². The van der Waals surface area contributed by atoms with E-state index in [1.165, 1.54) is 5.56 Å². The smallest absolute Gasteiger partial charge is 0.251 e. The number of amides is 1. The van der Waals surface area contributed by atoms with Gasteiger partial charge >= 0.3 is 0 Å². The molecule has 0 saturated heterocycles. The van der Waals surface area contributed by atoms with Crippen molar-refractivity contribution in [3.8, 4) is 0 Å². The predicted molar refractivity (Wildman–Crippen MR) is 113 cm³/mol. The number of halogens is 1. The lowest BCUT2D eigenvalue weighted by molar-refractivity contribution is 0.0951. The van der Waals surface area contributed by atoms with Gasteiger partial charge in [-0.2, -0.15) is 0 Å². The maximum atomic E-state index is 12.5. The second kappa shape index (κ2) is 8.40. The van der Waals surface area contributed by atoms with Gasteiger partial charge in [0.2, 0.25) is 0 Å². The minimum Gasteiger partial charge on any atom is -0.441 e. The summed E-state index contributed by atoms with van der Waals surface area (Å²) in [6, 6.07) is 23.4. The number of fused-ring (bicyclic) bond motifs is 1. The van der Waals surface area contributed by atoms with Crippen LogP contribution in [0.15, 0.2) is 81.7 Å². The van der Waals surface area contributed by atoms with Crippen molar-refractivity contribution < 1.29 is 9.21 Å². The fourth-order valence-corrected chi connectivity index (χ4v) is 3.46. The van der Waals surface area contributed by atoms with Gasteiger partial charge in [-0.25, -0.2) is 4.98 Å². The molecule has 140 valence electrons. The first-order valence-electron chi connectivity index (χ1n) is 9.14. The van der Waals surface area contributed by atoms with Gasteiger partial charge in [0.1, 0.15) is 5.52 Å². The standard InChI is InChI=1S/C23H19BrN2O2/c24-19-9-5-4-8-18(19)15-25-23(27)17-11-12-20-21(14-17)28-22(26-20)13-10-16-6-2-1-3-7-16/h1-9,11-12,14H,10,13,15H2,(H,25,27). The number of benzene rings is 3. The number of aromatic nitrogens is 1. The van der Waals surface area contributed by atoms with E-state index < -0.39 is 0 Å². The van der Waals surface area contributed by atoms with Crippen molar-refractivity contribution in [1.29, 1.82) is 0 Å². The highest BCUT2D eigenvalue weighted by Gasteiger charge is 2.11. The Balaban J connectivity index is 1.43. The molecule has 0 radical (unpaired) electrons. The topological polar surface area (TPSA) is 55.1 Å². The van der Waals surface area contributed by atoms with E-state index in [1.54, 1.807) is 12.1 Å². The molecule has 4 aromatic rings. The van der Waals surface area contributed by atoms with Crippen LogP contribution in [0.2, 0.25) is 0 Å². The fourth-order valence-electron chi connectivity index (χ4n) is 3.04. The Hall–Kier alpha value is -2.92. The second-order valence-electron chi connectivity index (χ2n) is 6.55. The molecule has 0 unspecified atom stereocenters. The summed E-state index contributed by atoms with van der Waals surface area (Å²) in [6.45, 7) is 0.455. The number of nitrogens with zero attached hydrogens (tertiary/aromatic N) is 1. The average Bonchev–Trinajstić information content (AvgIpc) is 3.14. The fraction of sp³-hybridized carbons (Fsp3) is 0.130. The maximum absolute atomic E-state index is 12.5. The van der Waals surface area contributed by atoms with E-state index in [2.05, 4.69) is 38.4 Å². The van der Waals surface area contributed by atoms with Crippen LogP contribution in [-0.4, -0.2) is 10.9 Å². The van der Waals surface area contributed by atoms with Crippen LogP contribution in [0.25, 0.3) is 11.1 Å². The molecule has 1 N–H and O–H groups in total. The van der Waals surface area contributed by atoms with E-state index >= 15 is 0 Å². The van der Waals surface area contributed by atoms with Gasteiger partial charge in [-0.1, -0.05) is 64.5 Å². The monoisotopic (exact) mass is 434 g/mol. The Labute approximate surface area is 171 Å². The molecule has 4 rings (SSSR count). The number of oxazole rings is 1. The summed E-state index contributed by atoms with van der Waals surface area (Å²) < 4.78 is 6.84. The molecule has 0 spiro atoms. The van der Waals surface area contributed by atoms with E-state index in [0.717, 1.165) is 28.4 Å². The highest BCUT2D eigenvalue weighted by Crippen LogP contribution is 2.19. The van der Waals surface area contributed by atoms with E-state index in [4.69, 9.17) is 4.42 Å². The third-order valence-electron chi connectivity index (χ3n) is 4.56. The minimum atomic E-state index is -0.139. The zero-order chi connectivity index (χ0) is 19.3. The van der Waals surface area contributed by atoms with Crippen LogP contribution in [0.5, 0.6) is 0 Å². The summed E-state index contributed by atoms with van der Waals surface area (Å²) in [5.74, 6) is 0.546. The lowest BCUT2D eigenvalue weighted by Crippen LogP contribution is -2.22. The number of nitrogens with one attached hydrogen (secondary N) is 1. The number of carbonyl (C=O) groups is 1. The first-order valence-corrected chi connectivity index (χ1v) is 9.93. The average molecular weight is 435 g/mol.